The van der Waals surface area contributed by atoms with E-state index >= 15 is 0 Å². The van der Waals surface area contributed by atoms with Gasteiger partial charge >= 0.3 is 0 Å². The van der Waals surface area contributed by atoms with Crippen LogP contribution in [0.1, 0.15) is 57.9 Å². The van der Waals surface area contributed by atoms with Crippen LogP contribution in [0.5, 0.6) is 0 Å². The molecule has 1 aromatic heterocycles. The first-order valence-electron chi connectivity index (χ1n) is 14.7. The molecule has 2 aliphatic heterocycles. The molecule has 2 unspecified atom stereocenters. The molecule has 0 radical (unpaired) electrons. The molecule has 38 heavy (non-hydrogen) atoms. The Hall–Kier alpha value is -2.67. The fraction of sp³-hybridized carbons (Fsp3) is 0.645. The van der Waals surface area contributed by atoms with Crippen LogP contribution in [0.3, 0.4) is 0 Å². The van der Waals surface area contributed by atoms with Gasteiger partial charge in [0.15, 0.2) is 0 Å². The van der Waals surface area contributed by atoms with E-state index in [2.05, 4.69) is 53.0 Å². The predicted molar refractivity (Wildman–Crippen MR) is 149 cm³/mol. The molecule has 5 rings (SSSR count). The van der Waals surface area contributed by atoms with E-state index in [1.807, 2.05) is 17.3 Å². The molecule has 1 aromatic rings. The van der Waals surface area contributed by atoms with Gasteiger partial charge in [-0.05, 0) is 74.5 Å². The van der Waals surface area contributed by atoms with E-state index < -0.39 is 0 Å². The Labute approximate surface area is 227 Å². The largest absolute Gasteiger partial charge is 0.494 e. The zero-order valence-corrected chi connectivity index (χ0v) is 23.1. The van der Waals surface area contributed by atoms with Crippen LogP contribution in [-0.2, 0) is 16.0 Å². The predicted octanol–water partition coefficient (Wildman–Crippen LogP) is 4.55. The number of rotatable bonds is 8. The highest BCUT2D eigenvalue weighted by Gasteiger charge is 2.33. The van der Waals surface area contributed by atoms with Crippen molar-refractivity contribution in [2.24, 2.45) is 29.6 Å². The summed E-state index contributed by atoms with van der Waals surface area (Å²) in [5.41, 5.74) is 2.64. The Balaban J connectivity index is 1.05. The highest BCUT2D eigenvalue weighted by Crippen LogP contribution is 2.37. The van der Waals surface area contributed by atoms with Crippen molar-refractivity contribution in [3.63, 3.8) is 0 Å². The van der Waals surface area contributed by atoms with Crippen molar-refractivity contribution in [2.45, 2.75) is 58.8 Å². The molecule has 1 N–H and O–H groups in total. The maximum absolute atomic E-state index is 12.9. The molecule has 0 bridgehead atoms. The van der Waals surface area contributed by atoms with Crippen LogP contribution in [0.15, 0.2) is 48.0 Å². The number of aromatic nitrogens is 2. The summed E-state index contributed by atoms with van der Waals surface area (Å²) < 4.78 is 6.26. The minimum Gasteiger partial charge on any atom is -0.494 e. The van der Waals surface area contributed by atoms with Crippen molar-refractivity contribution in [3.05, 3.63) is 53.6 Å². The third-order valence-electron chi connectivity index (χ3n) is 9.02. The Morgan fingerprint density at radius 3 is 2.50 bits per heavy atom. The number of carbonyl (C=O) groups excluding carboxylic acids is 1. The average Bonchev–Trinajstić information content (AvgIpc) is 3.46. The van der Waals surface area contributed by atoms with Gasteiger partial charge in [-0.3, -0.25) is 4.79 Å². The van der Waals surface area contributed by atoms with Crippen LogP contribution in [0.4, 0.5) is 5.95 Å². The third kappa shape index (κ3) is 6.31. The monoisotopic (exact) mass is 520 g/mol. The molecule has 3 heterocycles. The molecular weight excluding hydrogens is 476 g/mol. The molecule has 2 aliphatic carbocycles. The number of piperidine rings is 1. The summed E-state index contributed by atoms with van der Waals surface area (Å²) in [5, 5.41) is 9.39. The van der Waals surface area contributed by atoms with Crippen LogP contribution < -0.4 is 4.90 Å². The van der Waals surface area contributed by atoms with E-state index in [4.69, 9.17) is 4.74 Å². The van der Waals surface area contributed by atoms with Crippen molar-refractivity contribution >= 4 is 11.9 Å². The van der Waals surface area contributed by atoms with Gasteiger partial charge in [-0.15, -0.1) is 0 Å². The molecule has 0 aromatic carbocycles. The Morgan fingerprint density at radius 1 is 1.11 bits per heavy atom. The number of hydrogen-bond donors (Lipinski definition) is 1. The number of amides is 1. The summed E-state index contributed by atoms with van der Waals surface area (Å²) in [6.07, 6.45) is 19.8. The number of carbonyl (C=O) groups is 1. The Kier molecular flexibility index (Phi) is 8.82. The number of ether oxygens (including phenoxy) is 1. The maximum Gasteiger partial charge on any atom is 0.226 e. The SMILES string of the molecule is CCc1cnc(N2CCC(COC3=CC(C)[C@H](C4=CCC(C(=O)N5CC[C@@H](CO)C5)CC4)C=C3)CC2)nc1. The van der Waals surface area contributed by atoms with Gasteiger partial charge in [0.05, 0.1) is 6.61 Å². The molecule has 4 aliphatic rings. The second-order valence-electron chi connectivity index (χ2n) is 11.7. The number of aryl methyl sites for hydroxylation is 1. The number of anilines is 1. The number of allylic oxidation sites excluding steroid dienone is 5. The molecule has 4 atom stereocenters. The van der Waals surface area contributed by atoms with Crippen LogP contribution in [0.2, 0.25) is 0 Å². The number of aliphatic hydroxyl groups excluding tert-OH is 1. The van der Waals surface area contributed by atoms with Gasteiger partial charge in [-0.1, -0.05) is 31.6 Å². The lowest BCUT2D eigenvalue weighted by Gasteiger charge is -2.33. The minimum atomic E-state index is 0.0992. The van der Waals surface area contributed by atoms with Crippen LogP contribution in [0, 0.1) is 29.6 Å². The summed E-state index contributed by atoms with van der Waals surface area (Å²) in [4.78, 5) is 26.3. The topological polar surface area (TPSA) is 78.8 Å². The standard InChI is InChI=1S/C31H44N4O3/c1-3-23-17-32-31(33-18-23)34-13-10-24(11-14-34)21-38-28-8-9-29(22(2)16-28)26-4-6-27(7-5-26)30(37)35-15-12-25(19-35)20-36/h4,8-9,16-18,22,24-25,27,29,36H,3,5-7,10-15,19-21H2,1-2H3/t22?,25-,27?,29-/m1/s1. The van der Waals surface area contributed by atoms with Crippen molar-refractivity contribution in [2.75, 3.05) is 44.3 Å². The lowest BCUT2D eigenvalue weighted by atomic mass is 9.77. The van der Waals surface area contributed by atoms with E-state index in [1.165, 1.54) is 11.1 Å². The molecule has 7 heteroatoms. The van der Waals surface area contributed by atoms with Gasteiger partial charge in [0.2, 0.25) is 11.9 Å². The number of aliphatic hydroxyl groups is 1. The fourth-order valence-corrected chi connectivity index (χ4v) is 6.38. The van der Waals surface area contributed by atoms with E-state index in [-0.39, 0.29) is 24.3 Å². The number of nitrogens with zero attached hydrogens (tertiary/aromatic N) is 4. The zero-order valence-electron chi connectivity index (χ0n) is 23.1. The van der Waals surface area contributed by atoms with E-state index in [9.17, 15) is 9.90 Å². The molecular formula is C31H44N4O3. The molecule has 1 amide bonds. The third-order valence-corrected chi connectivity index (χ3v) is 9.02. The second kappa shape index (κ2) is 12.5. The smallest absolute Gasteiger partial charge is 0.226 e. The van der Waals surface area contributed by atoms with Crippen molar-refractivity contribution in [1.29, 1.82) is 0 Å². The summed E-state index contributed by atoms with van der Waals surface area (Å²) in [7, 11) is 0. The lowest BCUT2D eigenvalue weighted by Crippen LogP contribution is -2.36. The second-order valence-corrected chi connectivity index (χ2v) is 11.7. The van der Waals surface area contributed by atoms with Crippen molar-refractivity contribution in [1.82, 2.24) is 14.9 Å². The Bertz CT molecular complexity index is 1040. The average molecular weight is 521 g/mol. The van der Waals surface area contributed by atoms with Gasteiger partial charge in [0.1, 0.15) is 5.76 Å². The molecule has 7 nitrogen and oxygen atoms in total. The molecule has 0 saturated carbocycles. The molecule has 0 spiro atoms. The molecule has 2 fully saturated rings. The number of likely N-dealkylation sites (tertiary alicyclic amines) is 1. The summed E-state index contributed by atoms with van der Waals surface area (Å²) in [5.74, 6) is 3.83. The fourth-order valence-electron chi connectivity index (χ4n) is 6.38. The Morgan fingerprint density at radius 2 is 1.87 bits per heavy atom. The van der Waals surface area contributed by atoms with Gasteiger partial charge in [-0.2, -0.15) is 0 Å². The normalized spacial score (nSPS) is 28.3. The lowest BCUT2D eigenvalue weighted by molar-refractivity contribution is -0.134. The zero-order chi connectivity index (χ0) is 26.5. The minimum absolute atomic E-state index is 0.0992. The summed E-state index contributed by atoms with van der Waals surface area (Å²) >= 11 is 0. The summed E-state index contributed by atoms with van der Waals surface area (Å²) in [6.45, 7) is 8.82. The number of hydrogen-bond acceptors (Lipinski definition) is 6. The summed E-state index contributed by atoms with van der Waals surface area (Å²) in [6, 6.07) is 0. The molecule has 206 valence electrons. The first kappa shape index (κ1) is 26.9. The van der Waals surface area contributed by atoms with Gasteiger partial charge in [-0.25, -0.2) is 9.97 Å². The van der Waals surface area contributed by atoms with Crippen molar-refractivity contribution in [3.8, 4) is 0 Å². The van der Waals surface area contributed by atoms with E-state index in [1.54, 1.807) is 0 Å². The van der Waals surface area contributed by atoms with Crippen molar-refractivity contribution < 1.29 is 14.6 Å². The van der Waals surface area contributed by atoms with Gasteiger partial charge < -0.3 is 19.6 Å². The first-order valence-corrected chi connectivity index (χ1v) is 14.7. The van der Waals surface area contributed by atoms with Crippen LogP contribution in [0.25, 0.3) is 0 Å². The van der Waals surface area contributed by atoms with Gasteiger partial charge in [0, 0.05) is 62.9 Å². The van der Waals surface area contributed by atoms with E-state index in [0.717, 1.165) is 89.4 Å². The molecule has 2 saturated heterocycles. The van der Waals surface area contributed by atoms with E-state index in [0.29, 0.717) is 17.8 Å². The van der Waals surface area contributed by atoms with Crippen LogP contribution >= 0.6 is 0 Å². The highest BCUT2D eigenvalue weighted by molar-refractivity contribution is 5.79. The van der Waals surface area contributed by atoms with Gasteiger partial charge in [0.25, 0.3) is 0 Å². The maximum atomic E-state index is 12.9. The quantitative estimate of drug-likeness (QED) is 0.507. The highest BCUT2D eigenvalue weighted by atomic mass is 16.5. The first-order chi connectivity index (χ1) is 18.5. The van der Waals surface area contributed by atoms with Crippen LogP contribution in [-0.4, -0.2) is 65.3 Å².